The first-order valence-electron chi connectivity index (χ1n) is 8.10. The molecule has 1 atom stereocenters. The molecule has 0 saturated carbocycles. The van der Waals surface area contributed by atoms with Crippen LogP contribution in [-0.2, 0) is 11.3 Å². The van der Waals surface area contributed by atoms with E-state index in [0.717, 1.165) is 22.2 Å². The molecule has 0 unspecified atom stereocenters. The maximum Gasteiger partial charge on any atom is 0.261 e. The minimum absolute atomic E-state index is 0.129. The van der Waals surface area contributed by atoms with Crippen LogP contribution in [0.4, 0.5) is 0 Å². The Labute approximate surface area is 141 Å². The summed E-state index contributed by atoms with van der Waals surface area (Å²) < 4.78 is 5.99. The highest BCUT2D eigenvalue weighted by atomic mass is 16.5. The Balaban J connectivity index is 1.70. The third-order valence-corrected chi connectivity index (χ3v) is 3.85. The molecule has 4 nitrogen and oxygen atoms in total. The van der Waals surface area contributed by atoms with Gasteiger partial charge in [-0.3, -0.25) is 9.78 Å². The molecule has 1 heterocycles. The highest BCUT2D eigenvalue weighted by Crippen LogP contribution is 2.26. The summed E-state index contributed by atoms with van der Waals surface area (Å²) in [6.07, 6.45) is 1.78. The van der Waals surface area contributed by atoms with Gasteiger partial charge in [0.2, 0.25) is 0 Å². The van der Waals surface area contributed by atoms with Crippen molar-refractivity contribution in [3.8, 4) is 5.75 Å². The molecule has 1 aromatic heterocycles. The van der Waals surface area contributed by atoms with Gasteiger partial charge in [-0.05, 0) is 30.0 Å². The third kappa shape index (κ3) is 3.71. The molecule has 0 fully saturated rings. The van der Waals surface area contributed by atoms with Crippen molar-refractivity contribution in [3.63, 3.8) is 0 Å². The van der Waals surface area contributed by atoms with Crippen LogP contribution in [0.15, 0.2) is 66.9 Å². The van der Waals surface area contributed by atoms with Gasteiger partial charge < -0.3 is 10.1 Å². The highest BCUT2D eigenvalue weighted by Gasteiger charge is 2.19. The fourth-order valence-electron chi connectivity index (χ4n) is 2.57. The monoisotopic (exact) mass is 320 g/mol. The maximum atomic E-state index is 12.4. The standard InChI is InChI=1S/C20H20N2O2/c1-2-18(20(23)22-14-16-10-5-6-13-21-16)24-19-12-7-9-15-8-3-4-11-17(15)19/h3-13,18H,2,14H2,1H3,(H,22,23)/t18-/m1/s1. The van der Waals surface area contributed by atoms with Crippen molar-refractivity contribution in [2.45, 2.75) is 26.0 Å². The number of carbonyl (C=O) groups excluding carboxylic acids is 1. The number of benzene rings is 2. The second kappa shape index (κ2) is 7.59. The van der Waals surface area contributed by atoms with Crippen LogP contribution >= 0.6 is 0 Å². The predicted octanol–water partition coefficient (Wildman–Crippen LogP) is 3.71. The Bertz CT molecular complexity index is 813. The lowest BCUT2D eigenvalue weighted by Crippen LogP contribution is -2.37. The lowest BCUT2D eigenvalue weighted by Gasteiger charge is -2.18. The summed E-state index contributed by atoms with van der Waals surface area (Å²) in [4.78, 5) is 16.6. The van der Waals surface area contributed by atoms with E-state index in [1.807, 2.05) is 67.6 Å². The Morgan fingerprint density at radius 3 is 2.67 bits per heavy atom. The number of carbonyl (C=O) groups is 1. The SMILES string of the molecule is CC[C@@H](Oc1cccc2ccccc12)C(=O)NCc1ccccn1. The van der Waals surface area contributed by atoms with E-state index in [1.165, 1.54) is 0 Å². The van der Waals surface area contributed by atoms with Crippen LogP contribution in [0.3, 0.4) is 0 Å². The number of pyridine rings is 1. The quantitative estimate of drug-likeness (QED) is 0.753. The second-order valence-electron chi connectivity index (χ2n) is 5.53. The summed E-state index contributed by atoms with van der Waals surface area (Å²) in [6.45, 7) is 2.34. The van der Waals surface area contributed by atoms with Gasteiger partial charge >= 0.3 is 0 Å². The van der Waals surface area contributed by atoms with E-state index in [4.69, 9.17) is 4.74 Å². The van der Waals surface area contributed by atoms with Gasteiger partial charge in [-0.15, -0.1) is 0 Å². The zero-order chi connectivity index (χ0) is 16.8. The van der Waals surface area contributed by atoms with Crippen molar-refractivity contribution in [3.05, 3.63) is 72.6 Å². The molecule has 0 aliphatic heterocycles. The smallest absolute Gasteiger partial charge is 0.261 e. The van der Waals surface area contributed by atoms with Gasteiger partial charge in [0.1, 0.15) is 5.75 Å². The Hall–Kier alpha value is -2.88. The molecule has 1 amide bonds. The van der Waals surface area contributed by atoms with Crippen molar-refractivity contribution in [2.75, 3.05) is 0 Å². The van der Waals surface area contributed by atoms with Gasteiger partial charge in [-0.25, -0.2) is 0 Å². The predicted molar refractivity (Wildman–Crippen MR) is 94.7 cm³/mol. The van der Waals surface area contributed by atoms with Crippen LogP contribution in [0.2, 0.25) is 0 Å². The summed E-state index contributed by atoms with van der Waals surface area (Å²) in [5.41, 5.74) is 0.825. The molecule has 0 bridgehead atoms. The van der Waals surface area contributed by atoms with E-state index < -0.39 is 6.10 Å². The zero-order valence-corrected chi connectivity index (χ0v) is 13.6. The first-order valence-corrected chi connectivity index (χ1v) is 8.10. The molecule has 4 heteroatoms. The molecule has 3 aromatic rings. The van der Waals surface area contributed by atoms with Gasteiger partial charge in [0.25, 0.3) is 5.91 Å². The summed E-state index contributed by atoms with van der Waals surface area (Å²) in [5, 5.41) is 5.00. The van der Waals surface area contributed by atoms with E-state index in [0.29, 0.717) is 13.0 Å². The molecule has 2 aromatic carbocycles. The van der Waals surface area contributed by atoms with Crippen LogP contribution in [0.25, 0.3) is 10.8 Å². The average molecular weight is 320 g/mol. The molecule has 3 rings (SSSR count). The number of nitrogens with zero attached hydrogens (tertiary/aromatic N) is 1. The van der Waals surface area contributed by atoms with E-state index >= 15 is 0 Å². The number of fused-ring (bicyclic) bond motifs is 1. The van der Waals surface area contributed by atoms with Crippen LogP contribution in [0.5, 0.6) is 5.75 Å². The number of aromatic nitrogens is 1. The number of ether oxygens (including phenoxy) is 1. The first kappa shape index (κ1) is 16.0. The van der Waals surface area contributed by atoms with Crippen LogP contribution < -0.4 is 10.1 Å². The Kier molecular flexibility index (Phi) is 5.06. The maximum absolute atomic E-state index is 12.4. The largest absolute Gasteiger partial charge is 0.480 e. The van der Waals surface area contributed by atoms with Crippen molar-refractivity contribution in [1.82, 2.24) is 10.3 Å². The van der Waals surface area contributed by atoms with Gasteiger partial charge in [-0.1, -0.05) is 49.4 Å². The van der Waals surface area contributed by atoms with Crippen molar-refractivity contribution in [2.24, 2.45) is 0 Å². The normalized spacial score (nSPS) is 11.9. The fourth-order valence-corrected chi connectivity index (χ4v) is 2.57. The summed E-state index contributed by atoms with van der Waals surface area (Å²) in [5.74, 6) is 0.601. The number of hydrogen-bond donors (Lipinski definition) is 1. The molecule has 122 valence electrons. The zero-order valence-electron chi connectivity index (χ0n) is 13.6. The van der Waals surface area contributed by atoms with Crippen LogP contribution in [0, 0.1) is 0 Å². The number of rotatable bonds is 6. The number of amides is 1. The summed E-state index contributed by atoms with van der Waals surface area (Å²) in [6, 6.07) is 19.5. The fraction of sp³-hybridized carbons (Fsp3) is 0.200. The van der Waals surface area contributed by atoms with Crippen LogP contribution in [0.1, 0.15) is 19.0 Å². The molecule has 24 heavy (non-hydrogen) atoms. The second-order valence-corrected chi connectivity index (χ2v) is 5.53. The molecular weight excluding hydrogens is 300 g/mol. The minimum atomic E-state index is -0.528. The topological polar surface area (TPSA) is 51.2 Å². The molecule has 0 aliphatic rings. The molecule has 0 aliphatic carbocycles. The lowest BCUT2D eigenvalue weighted by atomic mass is 10.1. The Morgan fingerprint density at radius 2 is 1.88 bits per heavy atom. The van der Waals surface area contributed by atoms with Crippen molar-refractivity contribution < 1.29 is 9.53 Å². The van der Waals surface area contributed by atoms with Crippen molar-refractivity contribution in [1.29, 1.82) is 0 Å². The van der Waals surface area contributed by atoms with E-state index in [9.17, 15) is 4.79 Å². The lowest BCUT2D eigenvalue weighted by molar-refractivity contribution is -0.128. The van der Waals surface area contributed by atoms with Gasteiger partial charge in [-0.2, -0.15) is 0 Å². The first-order chi connectivity index (χ1) is 11.8. The van der Waals surface area contributed by atoms with E-state index in [-0.39, 0.29) is 5.91 Å². The minimum Gasteiger partial charge on any atom is -0.480 e. The van der Waals surface area contributed by atoms with E-state index in [1.54, 1.807) is 6.20 Å². The average Bonchev–Trinajstić information content (AvgIpc) is 2.65. The molecule has 0 saturated heterocycles. The van der Waals surface area contributed by atoms with Gasteiger partial charge in [0.05, 0.1) is 12.2 Å². The highest BCUT2D eigenvalue weighted by molar-refractivity contribution is 5.89. The molecule has 0 radical (unpaired) electrons. The molecule has 0 spiro atoms. The molecular formula is C20H20N2O2. The Morgan fingerprint density at radius 1 is 1.08 bits per heavy atom. The summed E-state index contributed by atoms with van der Waals surface area (Å²) >= 11 is 0. The number of hydrogen-bond acceptors (Lipinski definition) is 3. The van der Waals surface area contributed by atoms with Crippen molar-refractivity contribution >= 4 is 16.7 Å². The third-order valence-electron chi connectivity index (χ3n) is 3.85. The summed E-state index contributed by atoms with van der Waals surface area (Å²) in [7, 11) is 0. The van der Waals surface area contributed by atoms with Crippen LogP contribution in [-0.4, -0.2) is 17.0 Å². The number of nitrogens with one attached hydrogen (secondary N) is 1. The van der Waals surface area contributed by atoms with E-state index in [2.05, 4.69) is 10.3 Å². The van der Waals surface area contributed by atoms with Gasteiger partial charge in [0, 0.05) is 11.6 Å². The molecule has 1 N–H and O–H groups in total. The van der Waals surface area contributed by atoms with Gasteiger partial charge in [0.15, 0.2) is 6.10 Å².